The van der Waals surface area contributed by atoms with Crippen LogP contribution < -0.4 is 5.32 Å². The second-order valence-corrected chi connectivity index (χ2v) is 4.07. The van der Waals surface area contributed by atoms with Gasteiger partial charge in [0.2, 0.25) is 0 Å². The highest BCUT2D eigenvalue weighted by atomic mass is 19.3. The number of nitrogens with zero attached hydrogens (tertiary/aromatic N) is 2. The molecule has 92 valence electrons. The molecule has 2 rings (SSSR count). The Kier molecular flexibility index (Phi) is 3.33. The lowest BCUT2D eigenvalue weighted by molar-refractivity contribution is 0.146. The quantitative estimate of drug-likeness (QED) is 0.790. The van der Waals surface area contributed by atoms with Crippen LogP contribution in [0.25, 0.3) is 0 Å². The highest BCUT2D eigenvalue weighted by Crippen LogP contribution is 2.28. The molecule has 0 bridgehead atoms. The number of hydrogen-bond donors (Lipinski definition) is 2. The lowest BCUT2D eigenvalue weighted by atomic mass is 9.98. The molecule has 0 unspecified atom stereocenters. The van der Waals surface area contributed by atoms with E-state index in [0.29, 0.717) is 18.7 Å². The molecular formula is C11H13F2N3O. The van der Waals surface area contributed by atoms with Gasteiger partial charge in [0.15, 0.2) is 0 Å². The maximum Gasteiger partial charge on any atom is 0.280 e. The zero-order valence-electron chi connectivity index (χ0n) is 9.11. The number of aliphatic hydroxyl groups is 1. The van der Waals surface area contributed by atoms with Crippen LogP contribution in [-0.2, 0) is 0 Å². The molecule has 0 spiro atoms. The normalized spacial score (nSPS) is 17.6. The molecule has 17 heavy (non-hydrogen) atoms. The summed E-state index contributed by atoms with van der Waals surface area (Å²) in [6, 6.07) is 1.21. The van der Waals surface area contributed by atoms with Gasteiger partial charge >= 0.3 is 0 Å². The van der Waals surface area contributed by atoms with Crippen molar-refractivity contribution >= 4 is 5.82 Å². The molecule has 0 aliphatic heterocycles. The van der Waals surface area contributed by atoms with Crippen LogP contribution in [0.4, 0.5) is 14.6 Å². The molecule has 1 aliphatic rings. The first-order valence-electron chi connectivity index (χ1n) is 5.29. The monoisotopic (exact) mass is 241 g/mol. The molecule has 1 aliphatic carbocycles. The molecule has 1 aromatic heterocycles. The van der Waals surface area contributed by atoms with Crippen molar-refractivity contribution in [1.29, 1.82) is 0 Å². The molecule has 0 radical (unpaired) electrons. The summed E-state index contributed by atoms with van der Waals surface area (Å²) in [6.07, 6.45) is 3.66. The molecule has 1 aromatic rings. The Morgan fingerprint density at radius 3 is 2.65 bits per heavy atom. The summed E-state index contributed by atoms with van der Waals surface area (Å²) < 4.78 is 24.9. The van der Waals surface area contributed by atoms with Gasteiger partial charge in [-0.25, -0.2) is 18.7 Å². The molecule has 0 saturated carbocycles. The number of alkyl halides is 2. The summed E-state index contributed by atoms with van der Waals surface area (Å²) in [5.74, 6) is 0.313. The third-order valence-corrected chi connectivity index (χ3v) is 2.79. The van der Waals surface area contributed by atoms with Gasteiger partial charge in [-0.1, -0.05) is 12.2 Å². The first kappa shape index (κ1) is 11.9. The Labute approximate surface area is 97.4 Å². The second kappa shape index (κ2) is 4.75. The fraction of sp³-hybridized carbons (Fsp3) is 0.455. The highest BCUT2D eigenvalue weighted by molar-refractivity contribution is 5.40. The summed E-state index contributed by atoms with van der Waals surface area (Å²) in [7, 11) is 0. The summed E-state index contributed by atoms with van der Waals surface area (Å²) in [5, 5.41) is 12.4. The Morgan fingerprint density at radius 1 is 1.35 bits per heavy atom. The SMILES string of the molecule is OCC1(Nc2cc(C(F)F)ncn2)CC=CC1. The highest BCUT2D eigenvalue weighted by Gasteiger charge is 2.30. The van der Waals surface area contributed by atoms with Gasteiger partial charge in [0, 0.05) is 6.07 Å². The van der Waals surface area contributed by atoms with Crippen molar-refractivity contribution < 1.29 is 13.9 Å². The summed E-state index contributed by atoms with van der Waals surface area (Å²) in [6.45, 7) is -0.0754. The lowest BCUT2D eigenvalue weighted by Crippen LogP contribution is -2.39. The van der Waals surface area contributed by atoms with Crippen LogP contribution in [0.2, 0.25) is 0 Å². The predicted molar refractivity (Wildman–Crippen MR) is 58.8 cm³/mol. The number of aromatic nitrogens is 2. The van der Waals surface area contributed by atoms with Crippen LogP contribution in [0.5, 0.6) is 0 Å². The molecule has 1 heterocycles. The van der Waals surface area contributed by atoms with E-state index in [2.05, 4.69) is 15.3 Å². The van der Waals surface area contributed by atoms with Crippen LogP contribution in [-0.4, -0.2) is 27.2 Å². The Bertz CT molecular complexity index is 415. The van der Waals surface area contributed by atoms with Crippen molar-refractivity contribution in [1.82, 2.24) is 9.97 Å². The fourth-order valence-electron chi connectivity index (χ4n) is 1.80. The standard InChI is InChI=1S/C11H13F2N3O/c12-10(13)8-5-9(15-7-14-8)16-11(6-17)3-1-2-4-11/h1-2,5,7,10,17H,3-4,6H2,(H,14,15,16). The van der Waals surface area contributed by atoms with Crippen molar-refractivity contribution in [3.63, 3.8) is 0 Å². The topological polar surface area (TPSA) is 58.0 Å². The van der Waals surface area contributed by atoms with Crippen LogP contribution in [0, 0.1) is 0 Å². The first-order valence-corrected chi connectivity index (χ1v) is 5.29. The van der Waals surface area contributed by atoms with E-state index in [4.69, 9.17) is 0 Å². The van der Waals surface area contributed by atoms with Crippen LogP contribution in [0.3, 0.4) is 0 Å². The van der Waals surface area contributed by atoms with Gasteiger partial charge in [0.25, 0.3) is 6.43 Å². The Balaban J connectivity index is 2.15. The van der Waals surface area contributed by atoms with Crippen LogP contribution >= 0.6 is 0 Å². The first-order chi connectivity index (χ1) is 8.15. The number of rotatable bonds is 4. The Hall–Kier alpha value is -1.56. The molecule has 0 atom stereocenters. The number of nitrogens with one attached hydrogen (secondary N) is 1. The van der Waals surface area contributed by atoms with Crippen LogP contribution in [0.1, 0.15) is 25.0 Å². The third-order valence-electron chi connectivity index (χ3n) is 2.79. The van der Waals surface area contributed by atoms with Crippen molar-refractivity contribution in [3.05, 3.63) is 30.2 Å². The number of halogens is 2. The van der Waals surface area contributed by atoms with E-state index < -0.39 is 12.0 Å². The molecule has 6 heteroatoms. The zero-order valence-corrected chi connectivity index (χ0v) is 9.11. The second-order valence-electron chi connectivity index (χ2n) is 4.07. The largest absolute Gasteiger partial charge is 0.394 e. The lowest BCUT2D eigenvalue weighted by Gasteiger charge is -2.28. The molecule has 0 aromatic carbocycles. The maximum absolute atomic E-state index is 12.5. The van der Waals surface area contributed by atoms with Crippen molar-refractivity contribution in [2.24, 2.45) is 0 Å². The Morgan fingerprint density at radius 2 is 2.06 bits per heavy atom. The van der Waals surface area contributed by atoms with Gasteiger partial charge < -0.3 is 10.4 Å². The van der Waals surface area contributed by atoms with E-state index >= 15 is 0 Å². The van der Waals surface area contributed by atoms with Gasteiger partial charge in [-0.2, -0.15) is 0 Å². The minimum Gasteiger partial charge on any atom is -0.394 e. The third kappa shape index (κ3) is 2.58. The average molecular weight is 241 g/mol. The van der Waals surface area contributed by atoms with Crippen LogP contribution in [0.15, 0.2) is 24.5 Å². The fourth-order valence-corrected chi connectivity index (χ4v) is 1.80. The van der Waals surface area contributed by atoms with E-state index in [-0.39, 0.29) is 12.3 Å². The molecule has 2 N–H and O–H groups in total. The predicted octanol–water partition coefficient (Wildman–Crippen LogP) is 1.91. The zero-order chi connectivity index (χ0) is 12.3. The van der Waals surface area contributed by atoms with Crippen molar-refractivity contribution in [2.45, 2.75) is 24.8 Å². The van der Waals surface area contributed by atoms with Crippen molar-refractivity contribution in [3.8, 4) is 0 Å². The smallest absolute Gasteiger partial charge is 0.280 e. The summed E-state index contributed by atoms with van der Waals surface area (Å²) in [5.41, 5.74) is -0.838. The van der Waals surface area contributed by atoms with E-state index in [1.807, 2.05) is 12.2 Å². The summed E-state index contributed by atoms with van der Waals surface area (Å²) in [4.78, 5) is 7.37. The number of hydrogen-bond acceptors (Lipinski definition) is 4. The molecular weight excluding hydrogens is 228 g/mol. The number of anilines is 1. The van der Waals surface area contributed by atoms with E-state index in [1.165, 1.54) is 6.07 Å². The molecule has 0 amide bonds. The van der Waals surface area contributed by atoms with Gasteiger partial charge in [-0.15, -0.1) is 0 Å². The van der Waals surface area contributed by atoms with Gasteiger partial charge in [0.1, 0.15) is 17.8 Å². The van der Waals surface area contributed by atoms with Gasteiger partial charge in [-0.05, 0) is 12.8 Å². The van der Waals surface area contributed by atoms with Gasteiger partial charge in [-0.3, -0.25) is 0 Å². The molecule has 4 nitrogen and oxygen atoms in total. The van der Waals surface area contributed by atoms with E-state index in [1.54, 1.807) is 0 Å². The van der Waals surface area contributed by atoms with Gasteiger partial charge in [0.05, 0.1) is 12.1 Å². The average Bonchev–Trinajstić information content (AvgIpc) is 2.78. The summed E-state index contributed by atoms with van der Waals surface area (Å²) >= 11 is 0. The minimum absolute atomic E-state index is 0.0754. The maximum atomic E-state index is 12.5. The van der Waals surface area contributed by atoms with E-state index in [0.717, 1.165) is 6.33 Å². The number of aliphatic hydroxyl groups excluding tert-OH is 1. The van der Waals surface area contributed by atoms with E-state index in [9.17, 15) is 13.9 Å². The molecule has 0 fully saturated rings. The molecule has 0 saturated heterocycles. The van der Waals surface area contributed by atoms with Crippen molar-refractivity contribution in [2.75, 3.05) is 11.9 Å². The minimum atomic E-state index is -2.62.